The normalized spacial score (nSPS) is 15.2. The molecule has 0 saturated carbocycles. The summed E-state index contributed by atoms with van der Waals surface area (Å²) < 4.78 is 16.6. The molecule has 0 unspecified atom stereocenters. The minimum Gasteiger partial charge on any atom is -0.466 e. The average Bonchev–Trinajstić information content (AvgIpc) is 2.70. The molecule has 0 radical (unpaired) electrons. The summed E-state index contributed by atoms with van der Waals surface area (Å²) in [5, 5.41) is 0. The van der Waals surface area contributed by atoms with Gasteiger partial charge < -0.3 is 14.2 Å². The highest BCUT2D eigenvalue weighted by Gasteiger charge is 2.33. The first-order valence-electron chi connectivity index (χ1n) is 7.15. The van der Waals surface area contributed by atoms with Gasteiger partial charge in [0.25, 0.3) is 0 Å². The molecule has 0 fully saturated rings. The third-order valence-electron chi connectivity index (χ3n) is 3.28. The Hall–Kier alpha value is -1.71. The monoisotopic (exact) mass is 278 g/mol. The van der Waals surface area contributed by atoms with E-state index in [1.807, 2.05) is 32.9 Å². The van der Waals surface area contributed by atoms with Crippen molar-refractivity contribution in [1.29, 1.82) is 0 Å². The largest absolute Gasteiger partial charge is 0.466 e. The Morgan fingerprint density at radius 2 is 2.00 bits per heavy atom. The topological polar surface area (TPSA) is 44.8 Å². The zero-order valence-electron chi connectivity index (χ0n) is 12.6. The Morgan fingerprint density at radius 1 is 1.25 bits per heavy atom. The molecule has 110 valence electrons. The lowest BCUT2D eigenvalue weighted by molar-refractivity contribution is -0.143. The van der Waals surface area contributed by atoms with E-state index in [2.05, 4.69) is 6.92 Å². The van der Waals surface area contributed by atoms with Crippen molar-refractivity contribution in [3.05, 3.63) is 23.3 Å². The van der Waals surface area contributed by atoms with E-state index in [0.29, 0.717) is 19.4 Å². The molecule has 0 atom stereocenters. The second-order valence-corrected chi connectivity index (χ2v) is 5.29. The first-order valence-corrected chi connectivity index (χ1v) is 7.15. The SMILES string of the molecule is CCOC(=O)CCc1ccc2c(c1CC)OC(C)(C)O2. The third kappa shape index (κ3) is 3.06. The van der Waals surface area contributed by atoms with Crippen molar-refractivity contribution >= 4 is 5.97 Å². The highest BCUT2D eigenvalue weighted by molar-refractivity contribution is 5.70. The van der Waals surface area contributed by atoms with Crippen molar-refractivity contribution in [3.8, 4) is 11.5 Å². The van der Waals surface area contributed by atoms with Crippen molar-refractivity contribution in [2.45, 2.75) is 52.7 Å². The van der Waals surface area contributed by atoms with Crippen LogP contribution in [0.4, 0.5) is 0 Å². The van der Waals surface area contributed by atoms with E-state index in [1.54, 1.807) is 0 Å². The van der Waals surface area contributed by atoms with Gasteiger partial charge in [-0.25, -0.2) is 0 Å². The Morgan fingerprint density at radius 3 is 2.65 bits per heavy atom. The summed E-state index contributed by atoms with van der Waals surface area (Å²) in [6, 6.07) is 3.94. The molecule has 1 aromatic rings. The number of aryl methyl sites for hydroxylation is 1. The molecule has 1 aromatic carbocycles. The van der Waals surface area contributed by atoms with Crippen LogP contribution in [0.1, 0.15) is 45.2 Å². The molecule has 1 heterocycles. The van der Waals surface area contributed by atoms with Gasteiger partial charge in [0, 0.05) is 25.8 Å². The Kier molecular flexibility index (Phi) is 4.21. The maximum absolute atomic E-state index is 11.5. The van der Waals surface area contributed by atoms with Crippen molar-refractivity contribution in [2.75, 3.05) is 6.61 Å². The number of fused-ring (bicyclic) bond motifs is 1. The van der Waals surface area contributed by atoms with E-state index in [9.17, 15) is 4.79 Å². The van der Waals surface area contributed by atoms with Crippen LogP contribution in [0.2, 0.25) is 0 Å². The van der Waals surface area contributed by atoms with Gasteiger partial charge in [0.05, 0.1) is 6.61 Å². The molecule has 1 aliphatic rings. The van der Waals surface area contributed by atoms with E-state index in [0.717, 1.165) is 29.0 Å². The van der Waals surface area contributed by atoms with Crippen molar-refractivity contribution in [2.24, 2.45) is 0 Å². The minimum atomic E-state index is -0.619. The quantitative estimate of drug-likeness (QED) is 0.776. The van der Waals surface area contributed by atoms with E-state index in [1.165, 1.54) is 0 Å². The van der Waals surface area contributed by atoms with Gasteiger partial charge >= 0.3 is 5.97 Å². The second-order valence-electron chi connectivity index (χ2n) is 5.29. The van der Waals surface area contributed by atoms with E-state index < -0.39 is 5.79 Å². The van der Waals surface area contributed by atoms with Crippen LogP contribution in [0.15, 0.2) is 12.1 Å². The van der Waals surface area contributed by atoms with Crippen LogP contribution in [0.3, 0.4) is 0 Å². The Labute approximate surface area is 120 Å². The van der Waals surface area contributed by atoms with Crippen LogP contribution >= 0.6 is 0 Å². The maximum Gasteiger partial charge on any atom is 0.306 e. The summed E-state index contributed by atoms with van der Waals surface area (Å²) in [6.45, 7) is 8.11. The zero-order valence-corrected chi connectivity index (χ0v) is 12.6. The molecule has 0 amide bonds. The lowest BCUT2D eigenvalue weighted by Crippen LogP contribution is -2.29. The Bertz CT molecular complexity index is 505. The van der Waals surface area contributed by atoms with Crippen LogP contribution in [-0.4, -0.2) is 18.4 Å². The number of carbonyl (C=O) groups excluding carboxylic acids is 1. The van der Waals surface area contributed by atoms with Crippen molar-refractivity contribution < 1.29 is 19.0 Å². The molecule has 20 heavy (non-hydrogen) atoms. The fourth-order valence-electron chi connectivity index (χ4n) is 2.46. The molecular formula is C16H22O4. The van der Waals surface area contributed by atoms with Crippen LogP contribution < -0.4 is 9.47 Å². The van der Waals surface area contributed by atoms with Crippen LogP contribution in [0.25, 0.3) is 0 Å². The molecule has 0 aliphatic carbocycles. The number of rotatable bonds is 5. The molecular weight excluding hydrogens is 256 g/mol. The van der Waals surface area contributed by atoms with Crippen LogP contribution in [-0.2, 0) is 22.4 Å². The molecule has 0 aromatic heterocycles. The lowest BCUT2D eigenvalue weighted by atomic mass is 9.99. The van der Waals surface area contributed by atoms with Crippen molar-refractivity contribution in [1.82, 2.24) is 0 Å². The molecule has 0 N–H and O–H groups in total. The van der Waals surface area contributed by atoms with Gasteiger partial charge in [-0.2, -0.15) is 0 Å². The molecule has 2 rings (SSSR count). The molecule has 4 heteroatoms. The molecule has 0 bridgehead atoms. The highest BCUT2D eigenvalue weighted by atomic mass is 16.7. The van der Waals surface area contributed by atoms with Gasteiger partial charge in [0.15, 0.2) is 11.5 Å². The van der Waals surface area contributed by atoms with Gasteiger partial charge in [-0.3, -0.25) is 4.79 Å². The first-order chi connectivity index (χ1) is 9.46. The summed E-state index contributed by atoms with van der Waals surface area (Å²) in [4.78, 5) is 11.5. The first kappa shape index (κ1) is 14.7. The molecule has 0 spiro atoms. The summed E-state index contributed by atoms with van der Waals surface area (Å²) in [6.07, 6.45) is 1.91. The fourth-order valence-corrected chi connectivity index (χ4v) is 2.46. The minimum absolute atomic E-state index is 0.160. The van der Waals surface area contributed by atoms with Crippen LogP contribution in [0.5, 0.6) is 11.5 Å². The zero-order chi connectivity index (χ0) is 14.8. The van der Waals surface area contributed by atoms with Gasteiger partial charge in [-0.15, -0.1) is 0 Å². The number of benzene rings is 1. The number of esters is 1. The molecule has 1 aliphatic heterocycles. The van der Waals surface area contributed by atoms with E-state index in [4.69, 9.17) is 14.2 Å². The van der Waals surface area contributed by atoms with Gasteiger partial charge in [-0.1, -0.05) is 13.0 Å². The summed E-state index contributed by atoms with van der Waals surface area (Å²) >= 11 is 0. The summed E-state index contributed by atoms with van der Waals surface area (Å²) in [5.41, 5.74) is 2.25. The average molecular weight is 278 g/mol. The highest BCUT2D eigenvalue weighted by Crippen LogP contribution is 2.43. The fraction of sp³-hybridized carbons (Fsp3) is 0.562. The van der Waals surface area contributed by atoms with E-state index in [-0.39, 0.29) is 5.97 Å². The molecule has 4 nitrogen and oxygen atoms in total. The molecule has 0 saturated heterocycles. The third-order valence-corrected chi connectivity index (χ3v) is 3.28. The number of carbonyl (C=O) groups is 1. The number of ether oxygens (including phenoxy) is 3. The lowest BCUT2D eigenvalue weighted by Gasteiger charge is -2.17. The summed E-state index contributed by atoms with van der Waals surface area (Å²) in [7, 11) is 0. The van der Waals surface area contributed by atoms with Gasteiger partial charge in [-0.05, 0) is 31.4 Å². The van der Waals surface area contributed by atoms with Crippen molar-refractivity contribution in [3.63, 3.8) is 0 Å². The standard InChI is InChI=1S/C16H22O4/c1-5-12-11(8-10-14(17)18-6-2)7-9-13-15(12)20-16(3,4)19-13/h7,9H,5-6,8,10H2,1-4H3. The van der Waals surface area contributed by atoms with E-state index >= 15 is 0 Å². The van der Waals surface area contributed by atoms with Crippen LogP contribution in [0, 0.1) is 0 Å². The number of hydrogen-bond donors (Lipinski definition) is 0. The van der Waals surface area contributed by atoms with Gasteiger partial charge in [0.2, 0.25) is 5.79 Å². The Balaban J connectivity index is 2.18. The predicted octanol–water partition coefficient (Wildman–Crippen LogP) is 3.25. The number of hydrogen-bond acceptors (Lipinski definition) is 4. The predicted molar refractivity (Wildman–Crippen MR) is 76.1 cm³/mol. The van der Waals surface area contributed by atoms with Gasteiger partial charge in [0.1, 0.15) is 0 Å². The summed E-state index contributed by atoms with van der Waals surface area (Å²) in [5.74, 6) is 0.824. The maximum atomic E-state index is 11.5. The smallest absolute Gasteiger partial charge is 0.306 e. The second kappa shape index (κ2) is 5.73.